The van der Waals surface area contributed by atoms with Gasteiger partial charge in [0, 0.05) is 11.8 Å². The Bertz CT molecular complexity index is 647. The van der Waals surface area contributed by atoms with Crippen LogP contribution in [0, 0.1) is 5.41 Å². The van der Waals surface area contributed by atoms with Crippen LogP contribution in [0.1, 0.15) is 60.8 Å². The fraction of sp³-hybridized carbons (Fsp3) is 0.700. The van der Waals surface area contributed by atoms with Crippen molar-refractivity contribution in [2.75, 3.05) is 13.2 Å². The summed E-state index contributed by atoms with van der Waals surface area (Å²) in [6.45, 7) is 3.89. The Kier molecular flexibility index (Phi) is 3.02. The van der Waals surface area contributed by atoms with Gasteiger partial charge in [-0.15, -0.1) is 0 Å². The summed E-state index contributed by atoms with van der Waals surface area (Å²) in [5, 5.41) is 9.96. The van der Waals surface area contributed by atoms with Gasteiger partial charge in [0.15, 0.2) is 5.79 Å². The minimum Gasteiger partial charge on any atom is -0.393 e. The average molecular weight is 314 g/mol. The van der Waals surface area contributed by atoms with Crippen molar-refractivity contribution in [2.24, 2.45) is 5.41 Å². The van der Waals surface area contributed by atoms with Crippen molar-refractivity contribution in [1.29, 1.82) is 0 Å². The summed E-state index contributed by atoms with van der Waals surface area (Å²) in [6.07, 6.45) is 7.14. The molecule has 1 saturated heterocycles. The highest BCUT2D eigenvalue weighted by molar-refractivity contribution is 5.48. The predicted molar refractivity (Wildman–Crippen MR) is 87.5 cm³/mol. The molecular formula is C20H26O3. The SMILES string of the molecule is C[C@]12CCc3c(ccc4c3CC[C@H](O)C4)[C@@H]1CCC21OCCO1. The molecule has 124 valence electrons. The van der Waals surface area contributed by atoms with Crippen molar-refractivity contribution in [3.63, 3.8) is 0 Å². The Morgan fingerprint density at radius 1 is 1.04 bits per heavy atom. The molecule has 1 heterocycles. The molecule has 0 bridgehead atoms. The van der Waals surface area contributed by atoms with Gasteiger partial charge in [0.1, 0.15) is 0 Å². The average Bonchev–Trinajstić information content (AvgIpc) is 3.14. The standard InChI is InChI=1S/C20H26O3/c1-19-8-6-16-15-5-3-14(21)12-13(15)2-4-17(16)18(19)7-9-20(19)22-10-11-23-20/h2,4,14,18,21H,3,5-12H2,1H3/t14-,18-,19-/m0/s1. The highest BCUT2D eigenvalue weighted by atomic mass is 16.7. The van der Waals surface area contributed by atoms with E-state index in [1.165, 1.54) is 12.0 Å². The fourth-order valence-corrected chi connectivity index (χ4v) is 5.93. The van der Waals surface area contributed by atoms with Crippen LogP contribution in [0.4, 0.5) is 0 Å². The van der Waals surface area contributed by atoms with Crippen molar-refractivity contribution in [2.45, 2.75) is 69.7 Å². The number of aliphatic hydroxyl groups is 1. The first-order valence-electron chi connectivity index (χ1n) is 9.22. The summed E-state index contributed by atoms with van der Waals surface area (Å²) in [5.74, 6) is 0.225. The molecule has 1 aromatic rings. The van der Waals surface area contributed by atoms with Crippen LogP contribution in [-0.4, -0.2) is 30.2 Å². The van der Waals surface area contributed by atoms with Crippen molar-refractivity contribution >= 4 is 0 Å². The van der Waals surface area contributed by atoms with E-state index in [2.05, 4.69) is 19.1 Å². The quantitative estimate of drug-likeness (QED) is 0.800. The van der Waals surface area contributed by atoms with Gasteiger partial charge in [-0.05, 0) is 66.7 Å². The van der Waals surface area contributed by atoms with Gasteiger partial charge in [-0.2, -0.15) is 0 Å². The van der Waals surface area contributed by atoms with E-state index in [9.17, 15) is 5.11 Å². The molecule has 0 aromatic heterocycles. The van der Waals surface area contributed by atoms with E-state index < -0.39 is 0 Å². The van der Waals surface area contributed by atoms with Crippen LogP contribution in [0.3, 0.4) is 0 Å². The maximum Gasteiger partial charge on any atom is 0.174 e. The fourth-order valence-electron chi connectivity index (χ4n) is 5.93. The summed E-state index contributed by atoms with van der Waals surface area (Å²) in [4.78, 5) is 0. The van der Waals surface area contributed by atoms with Crippen LogP contribution >= 0.6 is 0 Å². The van der Waals surface area contributed by atoms with Crippen LogP contribution in [0.2, 0.25) is 0 Å². The van der Waals surface area contributed by atoms with Gasteiger partial charge < -0.3 is 14.6 Å². The molecule has 3 atom stereocenters. The number of rotatable bonds is 0. The van der Waals surface area contributed by atoms with Crippen LogP contribution in [0.15, 0.2) is 12.1 Å². The molecule has 0 unspecified atom stereocenters. The zero-order valence-corrected chi connectivity index (χ0v) is 13.9. The van der Waals surface area contributed by atoms with Crippen LogP contribution < -0.4 is 0 Å². The van der Waals surface area contributed by atoms with E-state index in [1.807, 2.05) is 0 Å². The van der Waals surface area contributed by atoms with Gasteiger partial charge in [0.05, 0.1) is 19.3 Å². The van der Waals surface area contributed by atoms with Crippen LogP contribution in [0.25, 0.3) is 0 Å². The molecule has 1 aliphatic heterocycles. The van der Waals surface area contributed by atoms with Crippen molar-refractivity contribution in [3.8, 4) is 0 Å². The lowest BCUT2D eigenvalue weighted by Crippen LogP contribution is -2.47. The predicted octanol–water partition coefficient (Wildman–Crippen LogP) is 3.11. The summed E-state index contributed by atoms with van der Waals surface area (Å²) in [6, 6.07) is 4.63. The minimum absolute atomic E-state index is 0.110. The molecule has 1 saturated carbocycles. The van der Waals surface area contributed by atoms with Gasteiger partial charge >= 0.3 is 0 Å². The first kappa shape index (κ1) is 14.4. The highest BCUT2D eigenvalue weighted by Crippen LogP contribution is 2.63. The van der Waals surface area contributed by atoms with E-state index in [0.717, 1.165) is 51.7 Å². The van der Waals surface area contributed by atoms with Gasteiger partial charge in [0.2, 0.25) is 0 Å². The number of ether oxygens (including phenoxy) is 2. The second kappa shape index (κ2) is 4.81. The molecule has 1 N–H and O–H groups in total. The molecule has 23 heavy (non-hydrogen) atoms. The molecule has 3 heteroatoms. The molecule has 0 radical (unpaired) electrons. The lowest BCUT2D eigenvalue weighted by Gasteiger charge is -2.46. The van der Waals surface area contributed by atoms with E-state index in [1.54, 1.807) is 16.7 Å². The zero-order chi connectivity index (χ0) is 15.7. The lowest BCUT2D eigenvalue weighted by atomic mass is 9.63. The van der Waals surface area contributed by atoms with Crippen LogP contribution in [-0.2, 0) is 28.7 Å². The molecule has 3 aliphatic carbocycles. The minimum atomic E-state index is -0.332. The maximum atomic E-state index is 9.96. The molecule has 1 aromatic carbocycles. The van der Waals surface area contributed by atoms with E-state index in [4.69, 9.17) is 9.47 Å². The van der Waals surface area contributed by atoms with Crippen molar-refractivity contribution < 1.29 is 14.6 Å². The molecule has 0 amide bonds. The van der Waals surface area contributed by atoms with E-state index >= 15 is 0 Å². The summed E-state index contributed by atoms with van der Waals surface area (Å²) in [5.41, 5.74) is 6.17. The normalized spacial score (nSPS) is 37.5. The van der Waals surface area contributed by atoms with Crippen molar-refractivity contribution in [1.82, 2.24) is 0 Å². The second-order valence-electron chi connectivity index (χ2n) is 8.13. The monoisotopic (exact) mass is 314 g/mol. The zero-order valence-electron chi connectivity index (χ0n) is 13.9. The van der Waals surface area contributed by atoms with Crippen molar-refractivity contribution in [3.05, 3.63) is 34.4 Å². The topological polar surface area (TPSA) is 38.7 Å². The number of benzene rings is 1. The summed E-state index contributed by atoms with van der Waals surface area (Å²) < 4.78 is 12.3. The maximum absolute atomic E-state index is 9.96. The Morgan fingerprint density at radius 3 is 2.70 bits per heavy atom. The summed E-state index contributed by atoms with van der Waals surface area (Å²) in [7, 11) is 0. The van der Waals surface area contributed by atoms with Gasteiger partial charge in [-0.25, -0.2) is 0 Å². The van der Waals surface area contributed by atoms with Gasteiger partial charge in [-0.3, -0.25) is 0 Å². The largest absolute Gasteiger partial charge is 0.393 e. The van der Waals surface area contributed by atoms with Gasteiger partial charge in [0.25, 0.3) is 0 Å². The van der Waals surface area contributed by atoms with E-state index in [0.29, 0.717) is 5.92 Å². The number of hydrogen-bond acceptors (Lipinski definition) is 3. The van der Waals surface area contributed by atoms with Crippen LogP contribution in [0.5, 0.6) is 0 Å². The third-order valence-electron chi connectivity index (χ3n) is 7.17. The number of hydrogen-bond donors (Lipinski definition) is 1. The highest BCUT2D eigenvalue weighted by Gasteiger charge is 2.62. The summed E-state index contributed by atoms with van der Waals surface area (Å²) >= 11 is 0. The molecule has 1 spiro atoms. The Balaban J connectivity index is 1.59. The molecular weight excluding hydrogens is 288 g/mol. The molecule has 3 nitrogen and oxygen atoms in total. The third kappa shape index (κ3) is 1.82. The molecule has 4 aliphatic rings. The third-order valence-corrected chi connectivity index (χ3v) is 7.17. The molecule has 5 rings (SSSR count). The first-order valence-corrected chi connectivity index (χ1v) is 9.22. The lowest BCUT2D eigenvalue weighted by molar-refractivity contribution is -0.222. The molecule has 2 fully saturated rings. The second-order valence-corrected chi connectivity index (χ2v) is 8.13. The Labute approximate surface area is 138 Å². The van der Waals surface area contributed by atoms with Gasteiger partial charge in [-0.1, -0.05) is 19.1 Å². The van der Waals surface area contributed by atoms with E-state index in [-0.39, 0.29) is 17.3 Å². The Hall–Kier alpha value is -0.900. The smallest absolute Gasteiger partial charge is 0.174 e. The number of fused-ring (bicyclic) bond motifs is 6. The number of aliphatic hydroxyl groups excluding tert-OH is 1. The first-order chi connectivity index (χ1) is 11.1. The Morgan fingerprint density at radius 2 is 1.87 bits per heavy atom.